The first-order chi connectivity index (χ1) is 9.35. The van der Waals surface area contributed by atoms with E-state index in [0.29, 0.717) is 0 Å². The van der Waals surface area contributed by atoms with E-state index in [-0.39, 0.29) is 12.4 Å². The summed E-state index contributed by atoms with van der Waals surface area (Å²) < 4.78 is 4.07. The predicted molar refractivity (Wildman–Crippen MR) is 81.5 cm³/mol. The first-order valence-electron chi connectivity index (χ1n) is 6.43. The third-order valence-electron chi connectivity index (χ3n) is 3.16. The standard InChI is InChI=1S/C15H16N4.ClH/c1-2-13-4-3-5-15(8-13)19-10-14(17-12-19)9-18-7-6-16-11-18;/h3-8,10-12H,2,9H2,1H3;1H. The Morgan fingerprint density at radius 1 is 1.20 bits per heavy atom. The van der Waals surface area contributed by atoms with Gasteiger partial charge in [0.2, 0.25) is 0 Å². The second-order valence-corrected chi connectivity index (χ2v) is 4.53. The van der Waals surface area contributed by atoms with Crippen LogP contribution in [0.1, 0.15) is 18.2 Å². The highest BCUT2D eigenvalue weighted by molar-refractivity contribution is 5.85. The minimum absolute atomic E-state index is 0. The van der Waals surface area contributed by atoms with E-state index in [4.69, 9.17) is 0 Å². The van der Waals surface area contributed by atoms with Crippen molar-refractivity contribution in [3.63, 3.8) is 0 Å². The van der Waals surface area contributed by atoms with E-state index in [1.807, 2.05) is 17.1 Å². The molecule has 3 aromatic rings. The van der Waals surface area contributed by atoms with Crippen LogP contribution in [0.5, 0.6) is 0 Å². The zero-order valence-corrected chi connectivity index (χ0v) is 12.1. The highest BCUT2D eigenvalue weighted by Gasteiger charge is 2.02. The molecule has 0 aliphatic heterocycles. The number of imidazole rings is 2. The average Bonchev–Trinajstić information content (AvgIpc) is 3.11. The molecule has 2 aromatic heterocycles. The van der Waals surface area contributed by atoms with E-state index in [2.05, 4.69) is 51.9 Å². The van der Waals surface area contributed by atoms with Gasteiger partial charge in [-0.25, -0.2) is 9.97 Å². The zero-order chi connectivity index (χ0) is 13.1. The maximum Gasteiger partial charge on any atom is 0.0996 e. The molecule has 0 saturated carbocycles. The van der Waals surface area contributed by atoms with E-state index in [1.165, 1.54) is 5.56 Å². The maximum absolute atomic E-state index is 4.44. The highest BCUT2D eigenvalue weighted by atomic mass is 35.5. The number of halogens is 1. The Hall–Kier alpha value is -2.07. The fraction of sp³-hybridized carbons (Fsp3) is 0.200. The second-order valence-electron chi connectivity index (χ2n) is 4.53. The molecule has 0 spiro atoms. The van der Waals surface area contributed by atoms with Gasteiger partial charge >= 0.3 is 0 Å². The van der Waals surface area contributed by atoms with Crippen molar-refractivity contribution in [2.24, 2.45) is 0 Å². The van der Waals surface area contributed by atoms with Crippen LogP contribution in [0.3, 0.4) is 0 Å². The Kier molecular flexibility index (Phi) is 4.58. The lowest BCUT2D eigenvalue weighted by Gasteiger charge is -2.04. The lowest BCUT2D eigenvalue weighted by molar-refractivity contribution is 0.778. The first kappa shape index (κ1) is 14.3. The van der Waals surface area contributed by atoms with Crippen molar-refractivity contribution >= 4 is 12.4 Å². The molecule has 0 unspecified atom stereocenters. The lowest BCUT2D eigenvalue weighted by Crippen LogP contribution is -1.96. The summed E-state index contributed by atoms with van der Waals surface area (Å²) in [6.07, 6.45) is 10.5. The predicted octanol–water partition coefficient (Wildman–Crippen LogP) is 3.10. The molecule has 0 saturated heterocycles. The molecule has 0 N–H and O–H groups in total. The lowest BCUT2D eigenvalue weighted by atomic mass is 10.1. The number of aromatic nitrogens is 4. The van der Waals surface area contributed by atoms with Gasteiger partial charge in [0.15, 0.2) is 0 Å². The molecule has 0 bridgehead atoms. The van der Waals surface area contributed by atoms with E-state index >= 15 is 0 Å². The summed E-state index contributed by atoms with van der Waals surface area (Å²) in [5, 5.41) is 0. The van der Waals surface area contributed by atoms with Gasteiger partial charge in [-0.15, -0.1) is 12.4 Å². The quantitative estimate of drug-likeness (QED) is 0.739. The van der Waals surface area contributed by atoms with Crippen LogP contribution in [0.25, 0.3) is 5.69 Å². The minimum atomic E-state index is 0. The van der Waals surface area contributed by atoms with Crippen LogP contribution >= 0.6 is 12.4 Å². The van der Waals surface area contributed by atoms with Crippen LogP contribution < -0.4 is 0 Å². The monoisotopic (exact) mass is 288 g/mol. The molecule has 104 valence electrons. The number of rotatable bonds is 4. The van der Waals surface area contributed by atoms with Crippen molar-refractivity contribution in [1.29, 1.82) is 0 Å². The molecule has 0 atom stereocenters. The molecular weight excluding hydrogens is 272 g/mol. The number of hydrogen-bond acceptors (Lipinski definition) is 2. The van der Waals surface area contributed by atoms with Gasteiger partial charge in [-0.2, -0.15) is 0 Å². The molecule has 0 fully saturated rings. The summed E-state index contributed by atoms with van der Waals surface area (Å²) in [5.74, 6) is 0. The van der Waals surface area contributed by atoms with Gasteiger partial charge in [-0.05, 0) is 24.1 Å². The van der Waals surface area contributed by atoms with Crippen molar-refractivity contribution in [3.05, 3.63) is 66.8 Å². The molecule has 0 aliphatic carbocycles. The Morgan fingerprint density at radius 3 is 2.85 bits per heavy atom. The van der Waals surface area contributed by atoms with Gasteiger partial charge in [-0.3, -0.25) is 0 Å². The summed E-state index contributed by atoms with van der Waals surface area (Å²) in [6, 6.07) is 8.53. The molecule has 2 heterocycles. The van der Waals surface area contributed by atoms with Crippen LogP contribution in [-0.4, -0.2) is 19.1 Å². The Morgan fingerprint density at radius 2 is 2.10 bits per heavy atom. The molecule has 5 heteroatoms. The largest absolute Gasteiger partial charge is 0.331 e. The van der Waals surface area contributed by atoms with Gasteiger partial charge in [0, 0.05) is 24.3 Å². The fourth-order valence-electron chi connectivity index (χ4n) is 2.09. The molecular formula is C15H17ClN4. The molecule has 1 aromatic carbocycles. The number of hydrogen-bond donors (Lipinski definition) is 0. The van der Waals surface area contributed by atoms with Crippen LogP contribution in [-0.2, 0) is 13.0 Å². The summed E-state index contributed by atoms with van der Waals surface area (Å²) in [4.78, 5) is 8.47. The van der Waals surface area contributed by atoms with Crippen molar-refractivity contribution in [2.75, 3.05) is 0 Å². The molecule has 0 aliphatic rings. The Labute approximate surface area is 124 Å². The van der Waals surface area contributed by atoms with Crippen molar-refractivity contribution in [3.8, 4) is 5.69 Å². The second kappa shape index (κ2) is 6.39. The number of benzene rings is 1. The van der Waals surface area contributed by atoms with Gasteiger partial charge in [-0.1, -0.05) is 19.1 Å². The first-order valence-corrected chi connectivity index (χ1v) is 6.43. The van der Waals surface area contributed by atoms with E-state index in [9.17, 15) is 0 Å². The highest BCUT2D eigenvalue weighted by Crippen LogP contribution is 2.12. The average molecular weight is 289 g/mol. The topological polar surface area (TPSA) is 35.6 Å². The fourth-order valence-corrected chi connectivity index (χ4v) is 2.09. The van der Waals surface area contributed by atoms with Crippen molar-refractivity contribution < 1.29 is 0 Å². The number of nitrogens with zero attached hydrogens (tertiary/aromatic N) is 4. The third-order valence-corrected chi connectivity index (χ3v) is 3.16. The van der Waals surface area contributed by atoms with E-state index in [1.54, 1.807) is 12.5 Å². The third kappa shape index (κ3) is 3.08. The van der Waals surface area contributed by atoms with E-state index in [0.717, 1.165) is 24.3 Å². The van der Waals surface area contributed by atoms with Crippen LogP contribution in [0.4, 0.5) is 0 Å². The molecule has 20 heavy (non-hydrogen) atoms. The van der Waals surface area contributed by atoms with Gasteiger partial charge in [0.1, 0.15) is 0 Å². The maximum atomic E-state index is 4.44. The van der Waals surface area contributed by atoms with Crippen molar-refractivity contribution in [2.45, 2.75) is 19.9 Å². The Bertz CT molecular complexity index is 658. The molecule has 4 nitrogen and oxygen atoms in total. The summed E-state index contributed by atoms with van der Waals surface area (Å²) in [6.45, 7) is 2.91. The van der Waals surface area contributed by atoms with Gasteiger partial charge in [0.25, 0.3) is 0 Å². The normalized spacial score (nSPS) is 10.2. The van der Waals surface area contributed by atoms with Crippen LogP contribution in [0.2, 0.25) is 0 Å². The molecule has 0 amide bonds. The van der Waals surface area contributed by atoms with Crippen LogP contribution in [0, 0.1) is 0 Å². The molecule has 3 rings (SSSR count). The van der Waals surface area contributed by atoms with Gasteiger partial charge < -0.3 is 9.13 Å². The summed E-state index contributed by atoms with van der Waals surface area (Å²) >= 11 is 0. The van der Waals surface area contributed by atoms with Crippen molar-refractivity contribution in [1.82, 2.24) is 19.1 Å². The molecule has 0 radical (unpaired) electrons. The SMILES string of the molecule is CCc1cccc(-n2cnc(Cn3ccnc3)c2)c1.Cl. The number of aryl methyl sites for hydroxylation is 1. The summed E-state index contributed by atoms with van der Waals surface area (Å²) in [7, 11) is 0. The Balaban J connectivity index is 0.00000147. The van der Waals surface area contributed by atoms with E-state index < -0.39 is 0 Å². The van der Waals surface area contributed by atoms with Gasteiger partial charge in [0.05, 0.1) is 24.9 Å². The van der Waals surface area contributed by atoms with Crippen LogP contribution in [0.15, 0.2) is 55.5 Å². The minimum Gasteiger partial charge on any atom is -0.331 e. The smallest absolute Gasteiger partial charge is 0.0996 e. The summed E-state index contributed by atoms with van der Waals surface area (Å²) in [5.41, 5.74) is 3.52. The zero-order valence-electron chi connectivity index (χ0n) is 11.3.